The third-order valence-electron chi connectivity index (χ3n) is 5.02. The summed E-state index contributed by atoms with van der Waals surface area (Å²) in [6.45, 7) is -0.384. The molecule has 0 aliphatic carbocycles. The van der Waals surface area contributed by atoms with E-state index in [1.54, 1.807) is 0 Å². The first-order valence-corrected chi connectivity index (χ1v) is 10.7. The highest BCUT2D eigenvalue weighted by atomic mass is 35.5. The fraction of sp³-hybridized carbons (Fsp3) is 0.0870. The Morgan fingerprint density at radius 3 is 1.97 bits per heavy atom. The van der Waals surface area contributed by atoms with Gasteiger partial charge in [0.15, 0.2) is 40.1 Å². The van der Waals surface area contributed by atoms with Crippen molar-refractivity contribution in [2.24, 2.45) is 0 Å². The van der Waals surface area contributed by atoms with Crippen molar-refractivity contribution in [3.05, 3.63) is 110 Å². The summed E-state index contributed by atoms with van der Waals surface area (Å²) in [7, 11) is 0. The number of carbonyl (C=O) groups excluding carboxylic acids is 1. The predicted octanol–water partition coefficient (Wildman–Crippen LogP) is 6.31. The second-order valence-corrected chi connectivity index (χ2v) is 8.24. The summed E-state index contributed by atoms with van der Waals surface area (Å²) in [6.07, 6.45) is 0.811. The van der Waals surface area contributed by atoms with Crippen LogP contribution in [0.25, 0.3) is 0 Å². The molecule has 186 valence electrons. The van der Waals surface area contributed by atoms with E-state index >= 15 is 0 Å². The van der Waals surface area contributed by atoms with Gasteiger partial charge in [0.2, 0.25) is 0 Å². The lowest BCUT2D eigenvalue weighted by atomic mass is 10.1. The molecule has 2 aromatic heterocycles. The number of imidazole rings is 1. The molecule has 4 aromatic rings. The Hall–Kier alpha value is -3.57. The smallest absolute Gasteiger partial charge is 0.274 e. The molecule has 0 saturated carbocycles. The lowest BCUT2D eigenvalue weighted by Gasteiger charge is -2.14. The second-order valence-electron chi connectivity index (χ2n) is 7.50. The molecule has 13 heteroatoms. The Balaban J connectivity index is 1.74. The molecule has 0 atom stereocenters. The highest BCUT2D eigenvalue weighted by Crippen LogP contribution is 2.24. The molecule has 2 heterocycles. The quantitative estimate of drug-likeness (QED) is 0.176. The lowest BCUT2D eigenvalue weighted by Crippen LogP contribution is -2.19. The average molecular weight is 545 g/mol. The van der Waals surface area contributed by atoms with E-state index in [1.165, 1.54) is 16.7 Å². The molecule has 4 rings (SSSR count). The summed E-state index contributed by atoms with van der Waals surface area (Å²) < 4.78 is 83.0. The monoisotopic (exact) mass is 544 g/mol. The Morgan fingerprint density at radius 1 is 0.861 bits per heavy atom. The molecule has 0 saturated heterocycles. The number of benzene rings is 2. The molecule has 0 spiro atoms. The van der Waals surface area contributed by atoms with Crippen LogP contribution in [0.5, 0.6) is 0 Å². The van der Waals surface area contributed by atoms with E-state index in [9.17, 15) is 31.1 Å². The largest absolute Gasteiger partial charge is 0.319 e. The number of carbonyl (C=O) groups is 1. The van der Waals surface area contributed by atoms with E-state index < -0.39 is 40.8 Å². The van der Waals surface area contributed by atoms with Crippen molar-refractivity contribution in [3.63, 3.8) is 0 Å². The second kappa shape index (κ2) is 10.2. The standard InChI is InChI=1S/C23H12Cl2F6N4O/c24-18-2-1-16(22(25)34-18)33-23(36)17-8-32-19(7-10-3-12(26)20(30)13(27)4-10)35(17)9-11-5-14(28)21(31)15(29)6-11/h1-6,8H,7,9H2,(H,33,36). The van der Waals surface area contributed by atoms with E-state index in [0.29, 0.717) is 0 Å². The summed E-state index contributed by atoms with van der Waals surface area (Å²) in [5.41, 5.74) is -0.180. The number of amides is 1. The van der Waals surface area contributed by atoms with E-state index in [1.807, 2.05) is 0 Å². The van der Waals surface area contributed by atoms with Gasteiger partial charge < -0.3 is 9.88 Å². The molecule has 0 aliphatic heterocycles. The minimum Gasteiger partial charge on any atom is -0.319 e. The van der Waals surface area contributed by atoms with Crippen LogP contribution in [0.1, 0.15) is 27.4 Å². The Kier molecular flexibility index (Phi) is 7.23. The van der Waals surface area contributed by atoms with Crippen molar-refractivity contribution >= 4 is 34.8 Å². The molecular weight excluding hydrogens is 533 g/mol. The summed E-state index contributed by atoms with van der Waals surface area (Å²) in [6, 6.07) is 5.68. The molecule has 1 N–H and O–H groups in total. The zero-order valence-electron chi connectivity index (χ0n) is 17.7. The normalized spacial score (nSPS) is 11.1. The minimum absolute atomic E-state index is 0.0241. The third-order valence-corrected chi connectivity index (χ3v) is 5.52. The first-order valence-electron chi connectivity index (χ1n) is 9.98. The number of hydrogen-bond donors (Lipinski definition) is 1. The number of nitrogens with zero attached hydrogens (tertiary/aromatic N) is 3. The van der Waals surface area contributed by atoms with Crippen LogP contribution in [0.15, 0.2) is 42.6 Å². The van der Waals surface area contributed by atoms with Gasteiger partial charge >= 0.3 is 0 Å². The van der Waals surface area contributed by atoms with Crippen LogP contribution in [0, 0.1) is 34.9 Å². The van der Waals surface area contributed by atoms with Crippen molar-refractivity contribution in [1.82, 2.24) is 14.5 Å². The fourth-order valence-electron chi connectivity index (χ4n) is 3.38. The summed E-state index contributed by atoms with van der Waals surface area (Å²) >= 11 is 11.7. The average Bonchev–Trinajstić information content (AvgIpc) is 3.19. The zero-order valence-corrected chi connectivity index (χ0v) is 19.2. The number of halogens is 8. The predicted molar refractivity (Wildman–Crippen MR) is 119 cm³/mol. The molecule has 0 fully saturated rings. The molecule has 0 radical (unpaired) electrons. The van der Waals surface area contributed by atoms with Crippen molar-refractivity contribution in [2.75, 3.05) is 5.32 Å². The molecule has 0 unspecified atom stereocenters. The van der Waals surface area contributed by atoms with Crippen LogP contribution in [-0.2, 0) is 13.0 Å². The van der Waals surface area contributed by atoms with Crippen molar-refractivity contribution < 1.29 is 31.1 Å². The van der Waals surface area contributed by atoms with Gasteiger partial charge in [-0.3, -0.25) is 4.79 Å². The van der Waals surface area contributed by atoms with Crippen LogP contribution in [0.3, 0.4) is 0 Å². The molecule has 0 aliphatic rings. The molecule has 2 aromatic carbocycles. The minimum atomic E-state index is -1.68. The number of anilines is 1. The first-order chi connectivity index (χ1) is 17.0. The van der Waals surface area contributed by atoms with Gasteiger partial charge in [0.05, 0.1) is 11.9 Å². The number of pyridine rings is 1. The highest BCUT2D eigenvalue weighted by molar-refractivity contribution is 6.34. The van der Waals surface area contributed by atoms with Crippen LogP contribution in [0.4, 0.5) is 32.0 Å². The third kappa shape index (κ3) is 5.31. The van der Waals surface area contributed by atoms with Crippen LogP contribution in [-0.4, -0.2) is 20.4 Å². The Labute approximate surface area is 209 Å². The number of nitrogens with one attached hydrogen (secondary N) is 1. The van der Waals surface area contributed by atoms with Gasteiger partial charge in [0.25, 0.3) is 5.91 Å². The zero-order chi connectivity index (χ0) is 26.1. The summed E-state index contributed by atoms with van der Waals surface area (Å²) in [5, 5.41) is 2.43. The van der Waals surface area contributed by atoms with Gasteiger partial charge in [-0.25, -0.2) is 36.3 Å². The molecule has 5 nitrogen and oxygen atoms in total. The van der Waals surface area contributed by atoms with Gasteiger partial charge in [0, 0.05) is 13.0 Å². The van der Waals surface area contributed by atoms with Crippen molar-refractivity contribution in [3.8, 4) is 0 Å². The van der Waals surface area contributed by atoms with Crippen molar-refractivity contribution in [2.45, 2.75) is 13.0 Å². The van der Waals surface area contributed by atoms with Crippen LogP contribution in [0.2, 0.25) is 10.3 Å². The number of aromatic nitrogens is 3. The van der Waals surface area contributed by atoms with Gasteiger partial charge in [-0.2, -0.15) is 0 Å². The van der Waals surface area contributed by atoms with Gasteiger partial charge in [0.1, 0.15) is 16.7 Å². The Bertz CT molecular complexity index is 1450. The van der Waals surface area contributed by atoms with Gasteiger partial charge in [-0.05, 0) is 47.5 Å². The number of rotatable bonds is 6. The topological polar surface area (TPSA) is 59.8 Å². The molecule has 36 heavy (non-hydrogen) atoms. The maximum atomic E-state index is 13.8. The molecule has 0 bridgehead atoms. The van der Waals surface area contributed by atoms with Crippen molar-refractivity contribution in [1.29, 1.82) is 0 Å². The maximum absolute atomic E-state index is 13.8. The van der Waals surface area contributed by atoms with E-state index in [0.717, 1.165) is 30.5 Å². The van der Waals surface area contributed by atoms with E-state index in [4.69, 9.17) is 23.2 Å². The Morgan fingerprint density at radius 2 is 1.42 bits per heavy atom. The van der Waals surface area contributed by atoms with Gasteiger partial charge in [-0.1, -0.05) is 23.2 Å². The SMILES string of the molecule is O=C(Nc1ccc(Cl)nc1Cl)c1cnc(Cc2cc(F)c(F)c(F)c2)n1Cc1cc(F)c(F)c(F)c1. The van der Waals surface area contributed by atoms with E-state index in [2.05, 4.69) is 15.3 Å². The van der Waals surface area contributed by atoms with Crippen LogP contribution >= 0.6 is 23.2 Å². The first kappa shape index (κ1) is 25.5. The van der Waals surface area contributed by atoms with E-state index in [-0.39, 0.29) is 51.6 Å². The molecular formula is C23H12Cl2F6N4O. The maximum Gasteiger partial charge on any atom is 0.274 e. The summed E-state index contributed by atoms with van der Waals surface area (Å²) in [5.74, 6) is -9.88. The molecule has 1 amide bonds. The lowest BCUT2D eigenvalue weighted by molar-refractivity contribution is 0.101. The van der Waals surface area contributed by atoms with Gasteiger partial charge in [-0.15, -0.1) is 0 Å². The fourth-order valence-corrected chi connectivity index (χ4v) is 3.77. The van der Waals surface area contributed by atoms with Crippen LogP contribution < -0.4 is 5.32 Å². The number of hydrogen-bond acceptors (Lipinski definition) is 3. The highest BCUT2D eigenvalue weighted by Gasteiger charge is 2.21. The summed E-state index contributed by atoms with van der Waals surface area (Å²) in [4.78, 5) is 20.9.